The number of aromatic nitrogens is 2. The lowest BCUT2D eigenvalue weighted by molar-refractivity contribution is -0.116. The molecule has 1 aromatic heterocycles. The lowest BCUT2D eigenvalue weighted by Crippen LogP contribution is -2.24. The first-order valence-corrected chi connectivity index (χ1v) is 9.37. The van der Waals surface area contributed by atoms with Crippen molar-refractivity contribution in [2.45, 2.75) is 26.3 Å². The molecule has 0 unspecified atom stereocenters. The molecule has 2 amide bonds. The monoisotopic (exact) mass is 390 g/mol. The molecule has 1 aliphatic rings. The minimum atomic E-state index is -0.324. The van der Waals surface area contributed by atoms with E-state index in [0.29, 0.717) is 17.0 Å². The Labute approximate surface area is 168 Å². The molecule has 148 valence electrons. The van der Waals surface area contributed by atoms with Gasteiger partial charge in [-0.1, -0.05) is 18.2 Å². The van der Waals surface area contributed by atoms with Crippen molar-refractivity contribution >= 4 is 17.5 Å². The molecule has 29 heavy (non-hydrogen) atoms. The van der Waals surface area contributed by atoms with E-state index in [2.05, 4.69) is 15.7 Å². The summed E-state index contributed by atoms with van der Waals surface area (Å²) in [6.07, 6.45) is 0.157. The summed E-state index contributed by atoms with van der Waals surface area (Å²) in [5, 5.41) is 10.2. The minimum Gasteiger partial charge on any atom is -0.494 e. The van der Waals surface area contributed by atoms with Crippen molar-refractivity contribution in [1.82, 2.24) is 15.1 Å². The number of aryl methyl sites for hydroxylation is 2. The lowest BCUT2D eigenvalue weighted by Gasteiger charge is -2.14. The van der Waals surface area contributed by atoms with E-state index in [0.717, 1.165) is 22.6 Å². The largest absolute Gasteiger partial charge is 0.494 e. The number of carbonyl (C=O) groups is 2. The van der Waals surface area contributed by atoms with Crippen molar-refractivity contribution in [3.05, 3.63) is 71.0 Å². The standard InChI is InChI=1S/C22H22N4O3/c1-13-10-14(2)26(25-13)19-9-8-15(11-20(19)29-3)23-21(27)12-18-16-6-4-5-7-17(16)22(28)24-18/h4-11,18H,12H2,1-3H3,(H,23,27)(H,24,28)/t18-/m0/s1. The molecule has 0 saturated carbocycles. The van der Waals surface area contributed by atoms with Crippen molar-refractivity contribution in [3.63, 3.8) is 0 Å². The fourth-order valence-electron chi connectivity index (χ4n) is 3.68. The molecule has 4 rings (SSSR count). The van der Waals surface area contributed by atoms with Gasteiger partial charge in [-0.25, -0.2) is 4.68 Å². The smallest absolute Gasteiger partial charge is 0.252 e. The Kier molecular flexibility index (Phi) is 4.80. The Morgan fingerprint density at radius 1 is 1.21 bits per heavy atom. The zero-order valence-electron chi connectivity index (χ0n) is 16.5. The summed E-state index contributed by atoms with van der Waals surface area (Å²) >= 11 is 0. The number of ether oxygens (including phenoxy) is 1. The van der Waals surface area contributed by atoms with Gasteiger partial charge in [-0.3, -0.25) is 9.59 Å². The summed E-state index contributed by atoms with van der Waals surface area (Å²) in [7, 11) is 1.58. The maximum absolute atomic E-state index is 12.6. The number of hydrogen-bond acceptors (Lipinski definition) is 4. The second kappa shape index (κ2) is 7.43. The van der Waals surface area contributed by atoms with E-state index in [1.165, 1.54) is 0 Å². The molecule has 2 heterocycles. The van der Waals surface area contributed by atoms with Gasteiger partial charge >= 0.3 is 0 Å². The van der Waals surface area contributed by atoms with Crippen LogP contribution in [0, 0.1) is 13.8 Å². The third kappa shape index (κ3) is 3.59. The molecule has 0 aliphatic carbocycles. The molecule has 0 fully saturated rings. The number of rotatable bonds is 5. The molecule has 0 spiro atoms. The number of anilines is 1. The molecule has 7 nitrogen and oxygen atoms in total. The third-order valence-corrected chi connectivity index (χ3v) is 4.98. The van der Waals surface area contributed by atoms with E-state index in [1.807, 2.05) is 54.9 Å². The summed E-state index contributed by atoms with van der Waals surface area (Å²) in [5.41, 5.74) is 4.81. The van der Waals surface area contributed by atoms with Crippen LogP contribution in [0.2, 0.25) is 0 Å². The molecule has 1 aliphatic heterocycles. The number of benzene rings is 2. The number of carbonyl (C=O) groups excluding carboxylic acids is 2. The maximum Gasteiger partial charge on any atom is 0.252 e. The average Bonchev–Trinajstić information content (AvgIpc) is 3.20. The van der Waals surface area contributed by atoms with Crippen LogP contribution in [0.3, 0.4) is 0 Å². The van der Waals surface area contributed by atoms with E-state index in [9.17, 15) is 9.59 Å². The highest BCUT2D eigenvalue weighted by Gasteiger charge is 2.29. The van der Waals surface area contributed by atoms with Crippen LogP contribution >= 0.6 is 0 Å². The van der Waals surface area contributed by atoms with Crippen LogP contribution in [0.15, 0.2) is 48.5 Å². The summed E-state index contributed by atoms with van der Waals surface area (Å²) in [6.45, 7) is 3.91. The quantitative estimate of drug-likeness (QED) is 0.700. The number of nitrogens with zero attached hydrogens (tertiary/aromatic N) is 2. The number of nitrogens with one attached hydrogen (secondary N) is 2. The average molecular weight is 390 g/mol. The predicted octanol–water partition coefficient (Wildman–Crippen LogP) is 3.31. The lowest BCUT2D eigenvalue weighted by atomic mass is 10.0. The Hall–Kier alpha value is -3.61. The van der Waals surface area contributed by atoms with E-state index in [1.54, 1.807) is 19.2 Å². The van der Waals surface area contributed by atoms with Gasteiger partial charge in [0.25, 0.3) is 5.91 Å². The molecule has 0 saturated heterocycles. The summed E-state index contributed by atoms with van der Waals surface area (Å²) in [4.78, 5) is 24.6. The Balaban J connectivity index is 1.51. The van der Waals surface area contributed by atoms with E-state index >= 15 is 0 Å². The minimum absolute atomic E-state index is 0.144. The topological polar surface area (TPSA) is 85.3 Å². The first-order valence-electron chi connectivity index (χ1n) is 9.37. The molecule has 2 N–H and O–H groups in total. The third-order valence-electron chi connectivity index (χ3n) is 4.98. The number of fused-ring (bicyclic) bond motifs is 1. The van der Waals surface area contributed by atoms with Crippen LogP contribution in [0.4, 0.5) is 5.69 Å². The van der Waals surface area contributed by atoms with Gasteiger partial charge in [0.15, 0.2) is 0 Å². The van der Waals surface area contributed by atoms with E-state index in [4.69, 9.17) is 4.74 Å². The summed E-state index contributed by atoms with van der Waals surface area (Å²) in [6, 6.07) is 14.4. The number of methoxy groups -OCH3 is 1. The summed E-state index contributed by atoms with van der Waals surface area (Å²) in [5.74, 6) is 0.274. The van der Waals surface area contributed by atoms with Crippen LogP contribution in [-0.2, 0) is 4.79 Å². The van der Waals surface area contributed by atoms with E-state index in [-0.39, 0.29) is 24.3 Å². The van der Waals surface area contributed by atoms with Crippen molar-refractivity contribution < 1.29 is 14.3 Å². The van der Waals surface area contributed by atoms with Gasteiger partial charge in [0.2, 0.25) is 5.91 Å². The fraction of sp³-hybridized carbons (Fsp3) is 0.227. The first kappa shape index (κ1) is 18.7. The fourth-order valence-corrected chi connectivity index (χ4v) is 3.68. The molecule has 0 radical (unpaired) electrons. The molecular weight excluding hydrogens is 368 g/mol. The van der Waals surface area contributed by atoms with E-state index < -0.39 is 0 Å². The second-order valence-corrected chi connectivity index (χ2v) is 7.09. The van der Waals surface area contributed by atoms with Gasteiger partial charge in [0, 0.05) is 23.0 Å². The molecule has 0 bridgehead atoms. The van der Waals surface area contributed by atoms with Crippen molar-refractivity contribution in [1.29, 1.82) is 0 Å². The van der Waals surface area contributed by atoms with Gasteiger partial charge in [-0.05, 0) is 43.7 Å². The SMILES string of the molecule is COc1cc(NC(=O)C[C@@H]2NC(=O)c3ccccc32)ccc1-n1nc(C)cc1C. The zero-order valence-corrected chi connectivity index (χ0v) is 16.5. The highest BCUT2D eigenvalue weighted by atomic mass is 16.5. The van der Waals surface area contributed by atoms with Gasteiger partial charge in [-0.15, -0.1) is 0 Å². The van der Waals surface area contributed by atoms with Crippen molar-refractivity contribution in [2.75, 3.05) is 12.4 Å². The predicted molar refractivity (Wildman–Crippen MR) is 109 cm³/mol. The molecule has 1 atom stereocenters. The van der Waals surface area contributed by atoms with Crippen LogP contribution in [0.25, 0.3) is 5.69 Å². The Morgan fingerprint density at radius 3 is 2.72 bits per heavy atom. The van der Waals surface area contributed by atoms with Crippen LogP contribution in [0.5, 0.6) is 5.75 Å². The van der Waals surface area contributed by atoms with Crippen molar-refractivity contribution in [2.24, 2.45) is 0 Å². The van der Waals surface area contributed by atoms with Crippen LogP contribution < -0.4 is 15.4 Å². The molecular formula is C22H22N4O3. The van der Waals surface area contributed by atoms with Crippen LogP contribution in [-0.4, -0.2) is 28.7 Å². The van der Waals surface area contributed by atoms with Gasteiger partial charge in [-0.2, -0.15) is 5.10 Å². The zero-order chi connectivity index (χ0) is 20.5. The molecule has 3 aromatic rings. The van der Waals surface area contributed by atoms with Crippen LogP contribution in [0.1, 0.15) is 39.8 Å². The summed E-state index contributed by atoms with van der Waals surface area (Å²) < 4.78 is 7.32. The Morgan fingerprint density at radius 2 is 2.00 bits per heavy atom. The maximum atomic E-state index is 12.6. The van der Waals surface area contributed by atoms with Gasteiger partial charge < -0.3 is 15.4 Å². The molecule has 2 aromatic carbocycles. The second-order valence-electron chi connectivity index (χ2n) is 7.09. The number of hydrogen-bond donors (Lipinski definition) is 2. The van der Waals surface area contributed by atoms with Crippen molar-refractivity contribution in [3.8, 4) is 11.4 Å². The van der Waals surface area contributed by atoms with Gasteiger partial charge in [0.1, 0.15) is 11.4 Å². The highest BCUT2D eigenvalue weighted by Crippen LogP contribution is 2.30. The highest BCUT2D eigenvalue weighted by molar-refractivity contribution is 6.00. The first-order chi connectivity index (χ1) is 14.0. The molecule has 7 heteroatoms. The Bertz CT molecular complexity index is 1100. The number of amides is 2. The van der Waals surface area contributed by atoms with Gasteiger partial charge in [0.05, 0.1) is 25.3 Å². The normalized spacial score (nSPS) is 15.0.